The smallest absolute Gasteiger partial charge is 0.133 e. The molecule has 14 heavy (non-hydrogen) atoms. The van der Waals surface area contributed by atoms with Crippen LogP contribution in [0.25, 0.3) is 0 Å². The summed E-state index contributed by atoms with van der Waals surface area (Å²) in [6.07, 6.45) is -0.469. The van der Waals surface area contributed by atoms with E-state index in [2.05, 4.69) is 15.9 Å². The van der Waals surface area contributed by atoms with Crippen molar-refractivity contribution in [1.82, 2.24) is 0 Å². The summed E-state index contributed by atoms with van der Waals surface area (Å²) in [5.41, 5.74) is 0. The van der Waals surface area contributed by atoms with Gasteiger partial charge in [-0.15, -0.1) is 0 Å². The molecular weight excluding hydrogens is 248 g/mol. The molecule has 0 saturated heterocycles. The number of aliphatic hydroxyl groups is 1. The third-order valence-electron chi connectivity index (χ3n) is 1.62. The Morgan fingerprint density at radius 3 is 2.71 bits per heavy atom. The van der Waals surface area contributed by atoms with Crippen molar-refractivity contribution in [3.63, 3.8) is 0 Å². The zero-order valence-electron chi connectivity index (χ0n) is 8.16. The summed E-state index contributed by atoms with van der Waals surface area (Å²) in [4.78, 5) is 0. The van der Waals surface area contributed by atoms with E-state index in [9.17, 15) is 0 Å². The summed E-state index contributed by atoms with van der Waals surface area (Å²) in [7, 11) is 1.61. The van der Waals surface area contributed by atoms with Crippen LogP contribution in [0.4, 0.5) is 0 Å². The minimum Gasteiger partial charge on any atom is -0.497 e. The minimum atomic E-state index is -0.469. The molecule has 0 aliphatic heterocycles. The quantitative estimate of drug-likeness (QED) is 0.903. The fourth-order valence-electron chi connectivity index (χ4n) is 0.936. The molecule has 0 saturated carbocycles. The molecule has 0 radical (unpaired) electrons. The second kappa shape index (κ2) is 5.22. The van der Waals surface area contributed by atoms with E-state index in [1.54, 1.807) is 20.1 Å². The standard InChI is InChI=1S/C10H13BrO3/c1-7(12)6-14-10-4-3-8(13-2)5-9(10)11/h3-5,7,12H,6H2,1-2H3/t7-/m1/s1. The number of methoxy groups -OCH3 is 1. The van der Waals surface area contributed by atoms with Gasteiger partial charge in [0.2, 0.25) is 0 Å². The lowest BCUT2D eigenvalue weighted by Gasteiger charge is -2.10. The Bertz CT molecular complexity index is 299. The van der Waals surface area contributed by atoms with E-state index in [-0.39, 0.29) is 6.61 Å². The summed E-state index contributed by atoms with van der Waals surface area (Å²) in [5.74, 6) is 1.47. The number of rotatable bonds is 4. The van der Waals surface area contributed by atoms with Crippen molar-refractivity contribution < 1.29 is 14.6 Å². The Morgan fingerprint density at radius 2 is 2.21 bits per heavy atom. The van der Waals surface area contributed by atoms with Crippen molar-refractivity contribution in [2.75, 3.05) is 13.7 Å². The van der Waals surface area contributed by atoms with Crippen molar-refractivity contribution >= 4 is 15.9 Å². The van der Waals surface area contributed by atoms with Crippen LogP contribution in [0, 0.1) is 0 Å². The average Bonchev–Trinajstić information content (AvgIpc) is 2.15. The van der Waals surface area contributed by atoms with E-state index in [0.29, 0.717) is 5.75 Å². The normalized spacial score (nSPS) is 12.3. The van der Waals surface area contributed by atoms with Gasteiger partial charge in [0.25, 0.3) is 0 Å². The molecule has 0 unspecified atom stereocenters. The lowest BCUT2D eigenvalue weighted by Crippen LogP contribution is -2.12. The topological polar surface area (TPSA) is 38.7 Å². The fraction of sp³-hybridized carbons (Fsp3) is 0.400. The summed E-state index contributed by atoms with van der Waals surface area (Å²) < 4.78 is 11.2. The number of hydrogen-bond acceptors (Lipinski definition) is 3. The van der Waals surface area contributed by atoms with Gasteiger partial charge in [-0.3, -0.25) is 0 Å². The summed E-state index contributed by atoms with van der Waals surface area (Å²) in [6, 6.07) is 5.42. The molecule has 0 aliphatic rings. The third kappa shape index (κ3) is 3.20. The molecule has 1 aromatic carbocycles. The van der Waals surface area contributed by atoms with E-state index in [1.807, 2.05) is 12.1 Å². The molecule has 0 amide bonds. The van der Waals surface area contributed by atoms with Crippen LogP contribution in [-0.2, 0) is 0 Å². The molecule has 1 N–H and O–H groups in total. The average molecular weight is 261 g/mol. The van der Waals surface area contributed by atoms with Crippen molar-refractivity contribution in [1.29, 1.82) is 0 Å². The van der Waals surface area contributed by atoms with Crippen molar-refractivity contribution in [2.45, 2.75) is 13.0 Å². The van der Waals surface area contributed by atoms with Gasteiger partial charge in [-0.2, -0.15) is 0 Å². The van der Waals surface area contributed by atoms with E-state index in [0.717, 1.165) is 10.2 Å². The number of halogens is 1. The highest BCUT2D eigenvalue weighted by Gasteiger charge is 2.04. The highest BCUT2D eigenvalue weighted by Crippen LogP contribution is 2.29. The predicted octanol–water partition coefficient (Wildman–Crippen LogP) is 2.22. The molecule has 0 heterocycles. The second-order valence-corrected chi connectivity index (χ2v) is 3.81. The molecule has 3 nitrogen and oxygen atoms in total. The van der Waals surface area contributed by atoms with E-state index in [1.165, 1.54) is 0 Å². The minimum absolute atomic E-state index is 0.283. The first-order valence-corrected chi connectivity index (χ1v) is 5.07. The first kappa shape index (κ1) is 11.3. The number of benzene rings is 1. The molecule has 1 atom stereocenters. The molecule has 1 rings (SSSR count). The first-order chi connectivity index (χ1) is 6.63. The van der Waals surface area contributed by atoms with Crippen LogP contribution in [0.5, 0.6) is 11.5 Å². The molecule has 78 valence electrons. The van der Waals surface area contributed by atoms with Gasteiger partial charge < -0.3 is 14.6 Å². The van der Waals surface area contributed by atoms with Crippen molar-refractivity contribution in [3.8, 4) is 11.5 Å². The molecular formula is C10H13BrO3. The van der Waals surface area contributed by atoms with Gasteiger partial charge in [0.1, 0.15) is 18.1 Å². The highest BCUT2D eigenvalue weighted by molar-refractivity contribution is 9.10. The van der Waals surface area contributed by atoms with Crippen LogP contribution < -0.4 is 9.47 Å². The third-order valence-corrected chi connectivity index (χ3v) is 2.24. The number of hydrogen-bond donors (Lipinski definition) is 1. The second-order valence-electron chi connectivity index (χ2n) is 2.96. The predicted molar refractivity (Wildman–Crippen MR) is 57.9 cm³/mol. The Labute approximate surface area is 91.8 Å². The number of ether oxygens (including phenoxy) is 2. The van der Waals surface area contributed by atoms with Gasteiger partial charge in [0.05, 0.1) is 17.7 Å². The summed E-state index contributed by atoms with van der Waals surface area (Å²) >= 11 is 3.35. The van der Waals surface area contributed by atoms with Crippen molar-refractivity contribution in [2.24, 2.45) is 0 Å². The lowest BCUT2D eigenvalue weighted by molar-refractivity contribution is 0.122. The Morgan fingerprint density at radius 1 is 1.50 bits per heavy atom. The van der Waals surface area contributed by atoms with Crippen LogP contribution >= 0.6 is 15.9 Å². The van der Waals surface area contributed by atoms with Gasteiger partial charge in [0, 0.05) is 0 Å². The Balaban J connectivity index is 2.69. The Kier molecular flexibility index (Phi) is 4.22. The van der Waals surface area contributed by atoms with Crippen molar-refractivity contribution in [3.05, 3.63) is 22.7 Å². The van der Waals surface area contributed by atoms with E-state index >= 15 is 0 Å². The first-order valence-electron chi connectivity index (χ1n) is 4.28. The van der Waals surface area contributed by atoms with E-state index in [4.69, 9.17) is 14.6 Å². The largest absolute Gasteiger partial charge is 0.497 e. The molecule has 0 fully saturated rings. The maximum Gasteiger partial charge on any atom is 0.133 e. The number of aliphatic hydroxyl groups excluding tert-OH is 1. The fourth-order valence-corrected chi connectivity index (χ4v) is 1.41. The molecule has 4 heteroatoms. The molecule has 0 bridgehead atoms. The van der Waals surface area contributed by atoms with Crippen LogP contribution in [0.1, 0.15) is 6.92 Å². The maximum atomic E-state index is 9.04. The van der Waals surface area contributed by atoms with Gasteiger partial charge in [-0.1, -0.05) is 0 Å². The lowest BCUT2D eigenvalue weighted by atomic mass is 10.3. The van der Waals surface area contributed by atoms with Gasteiger partial charge >= 0.3 is 0 Å². The molecule has 1 aromatic rings. The molecule has 0 aromatic heterocycles. The monoisotopic (exact) mass is 260 g/mol. The van der Waals surface area contributed by atoms with Crippen LogP contribution in [0.3, 0.4) is 0 Å². The zero-order chi connectivity index (χ0) is 10.6. The SMILES string of the molecule is COc1ccc(OC[C@@H](C)O)c(Br)c1. The van der Waals surface area contributed by atoms with Gasteiger partial charge in [-0.25, -0.2) is 0 Å². The van der Waals surface area contributed by atoms with Gasteiger partial charge in [0.15, 0.2) is 0 Å². The van der Waals surface area contributed by atoms with Gasteiger partial charge in [-0.05, 0) is 41.1 Å². The zero-order valence-corrected chi connectivity index (χ0v) is 9.74. The maximum absolute atomic E-state index is 9.04. The highest BCUT2D eigenvalue weighted by atomic mass is 79.9. The molecule has 0 spiro atoms. The summed E-state index contributed by atoms with van der Waals surface area (Å²) in [6.45, 7) is 1.96. The summed E-state index contributed by atoms with van der Waals surface area (Å²) in [5, 5.41) is 9.04. The van der Waals surface area contributed by atoms with Crippen LogP contribution in [0.2, 0.25) is 0 Å². The molecule has 0 aliphatic carbocycles. The van der Waals surface area contributed by atoms with Crippen LogP contribution in [0.15, 0.2) is 22.7 Å². The van der Waals surface area contributed by atoms with Crippen LogP contribution in [-0.4, -0.2) is 24.9 Å². The Hall–Kier alpha value is -0.740. The van der Waals surface area contributed by atoms with E-state index < -0.39 is 6.10 Å².